The zero-order chi connectivity index (χ0) is 17.5. The summed E-state index contributed by atoms with van der Waals surface area (Å²) in [5, 5.41) is 18.0. The lowest BCUT2D eigenvalue weighted by Crippen LogP contribution is -2.35. The zero-order valence-corrected chi connectivity index (χ0v) is 13.1. The summed E-state index contributed by atoms with van der Waals surface area (Å²) in [7, 11) is 1.31. The van der Waals surface area contributed by atoms with E-state index in [-0.39, 0.29) is 43.9 Å². The van der Waals surface area contributed by atoms with E-state index in [4.69, 9.17) is 14.9 Å². The molecule has 0 bridgehead atoms. The fourth-order valence-corrected chi connectivity index (χ4v) is 2.13. The molecule has 8 heteroatoms. The molecule has 0 aliphatic rings. The Morgan fingerprint density at radius 2 is 1.83 bits per heavy atom. The van der Waals surface area contributed by atoms with Gasteiger partial charge < -0.3 is 19.8 Å². The van der Waals surface area contributed by atoms with Gasteiger partial charge in [0.15, 0.2) is 5.82 Å². The number of halogens is 1. The molecule has 1 heterocycles. The summed E-state index contributed by atoms with van der Waals surface area (Å²) in [5.41, 5.74) is 0.996. The maximum absolute atomic E-state index is 13.3. The number of nitrogens with zero attached hydrogens (tertiary/aromatic N) is 3. The second kappa shape index (κ2) is 8.32. The van der Waals surface area contributed by atoms with Gasteiger partial charge in [-0.1, -0.05) is 12.1 Å². The number of amides is 1. The van der Waals surface area contributed by atoms with Crippen LogP contribution in [0.3, 0.4) is 0 Å². The smallest absolute Gasteiger partial charge is 0.254 e. The highest BCUT2D eigenvalue weighted by Crippen LogP contribution is 2.20. The highest BCUT2D eigenvalue weighted by molar-refractivity contribution is 5.94. The first kappa shape index (κ1) is 17.8. The van der Waals surface area contributed by atoms with Gasteiger partial charge in [-0.2, -0.15) is 9.37 Å². The lowest BCUT2D eigenvalue weighted by atomic mass is 10.1. The van der Waals surface area contributed by atoms with Crippen LogP contribution in [0, 0.1) is 5.82 Å². The summed E-state index contributed by atoms with van der Waals surface area (Å²) < 4.78 is 18.2. The largest absolute Gasteiger partial charge is 0.479 e. The van der Waals surface area contributed by atoms with Gasteiger partial charge in [0, 0.05) is 24.2 Å². The highest BCUT2D eigenvalue weighted by Gasteiger charge is 2.15. The Morgan fingerprint density at radius 1 is 1.21 bits per heavy atom. The molecule has 0 fully saturated rings. The molecule has 0 saturated heterocycles. The summed E-state index contributed by atoms with van der Waals surface area (Å²) in [5.74, 6) is -0.842. The molecule has 2 rings (SSSR count). The summed E-state index contributed by atoms with van der Waals surface area (Å²) in [6.45, 7) is -0.0983. The normalized spacial score (nSPS) is 10.5. The second-order valence-corrected chi connectivity index (χ2v) is 4.87. The van der Waals surface area contributed by atoms with Crippen LogP contribution in [0.4, 0.5) is 4.39 Å². The number of methoxy groups -OCH3 is 1. The minimum absolute atomic E-state index is 0.138. The van der Waals surface area contributed by atoms with Crippen LogP contribution in [-0.2, 0) is 0 Å². The van der Waals surface area contributed by atoms with E-state index >= 15 is 0 Å². The minimum atomic E-state index is -0.656. The molecular formula is C16H18FN3O4. The monoisotopic (exact) mass is 335 g/mol. The Labute approximate surface area is 138 Å². The average Bonchev–Trinajstić information content (AvgIpc) is 2.61. The summed E-state index contributed by atoms with van der Waals surface area (Å²) in [4.78, 5) is 21.5. The summed E-state index contributed by atoms with van der Waals surface area (Å²) >= 11 is 0. The van der Waals surface area contributed by atoms with Crippen molar-refractivity contribution in [3.05, 3.63) is 41.8 Å². The van der Waals surface area contributed by atoms with Crippen LogP contribution in [-0.4, -0.2) is 64.4 Å². The number of carbonyl (C=O) groups excluding carboxylic acids is 1. The van der Waals surface area contributed by atoms with Gasteiger partial charge in [-0.15, -0.1) is 0 Å². The molecule has 0 atom stereocenters. The molecule has 1 amide bonds. The second-order valence-electron chi connectivity index (χ2n) is 4.87. The van der Waals surface area contributed by atoms with Crippen LogP contribution in [0.5, 0.6) is 5.88 Å². The van der Waals surface area contributed by atoms with Gasteiger partial charge in [0.05, 0.1) is 26.5 Å². The molecule has 1 aromatic heterocycles. The van der Waals surface area contributed by atoms with E-state index in [1.165, 1.54) is 12.0 Å². The van der Waals surface area contributed by atoms with E-state index < -0.39 is 5.82 Å². The molecule has 0 unspecified atom stereocenters. The van der Waals surface area contributed by atoms with Crippen molar-refractivity contribution in [1.29, 1.82) is 0 Å². The van der Waals surface area contributed by atoms with Crippen molar-refractivity contribution in [3.63, 3.8) is 0 Å². The number of aliphatic hydroxyl groups is 2. The fourth-order valence-electron chi connectivity index (χ4n) is 2.13. The predicted octanol–water partition coefficient (Wildman–Crippen LogP) is 0.718. The SMILES string of the molecule is COc1nc(-c2ccc(C(=O)N(CCO)CCO)cc2)ncc1F. The molecule has 2 N–H and O–H groups in total. The molecule has 0 spiro atoms. The van der Waals surface area contributed by atoms with E-state index in [0.717, 1.165) is 6.20 Å². The molecule has 0 radical (unpaired) electrons. The third kappa shape index (κ3) is 4.03. The summed E-state index contributed by atoms with van der Waals surface area (Å²) in [6.07, 6.45) is 1.02. The van der Waals surface area contributed by atoms with Gasteiger partial charge in [-0.3, -0.25) is 4.79 Å². The van der Waals surface area contributed by atoms with Gasteiger partial charge in [0.25, 0.3) is 11.8 Å². The Morgan fingerprint density at radius 3 is 2.38 bits per heavy atom. The number of carbonyl (C=O) groups is 1. The van der Waals surface area contributed by atoms with E-state index in [1.807, 2.05) is 0 Å². The predicted molar refractivity (Wildman–Crippen MR) is 84.1 cm³/mol. The fraction of sp³-hybridized carbons (Fsp3) is 0.312. The van der Waals surface area contributed by atoms with Gasteiger partial charge in [0.1, 0.15) is 0 Å². The van der Waals surface area contributed by atoms with Gasteiger partial charge in [-0.05, 0) is 12.1 Å². The van der Waals surface area contributed by atoms with Crippen LogP contribution < -0.4 is 4.74 Å². The number of ether oxygens (including phenoxy) is 1. The van der Waals surface area contributed by atoms with Crippen molar-refractivity contribution >= 4 is 5.91 Å². The van der Waals surface area contributed by atoms with Gasteiger partial charge >= 0.3 is 0 Å². The van der Waals surface area contributed by atoms with Crippen molar-refractivity contribution < 1.29 is 24.1 Å². The number of aromatic nitrogens is 2. The maximum Gasteiger partial charge on any atom is 0.254 e. The first-order chi connectivity index (χ1) is 11.6. The Balaban J connectivity index is 2.22. The van der Waals surface area contributed by atoms with Gasteiger partial charge in [-0.25, -0.2) is 4.98 Å². The van der Waals surface area contributed by atoms with E-state index in [9.17, 15) is 9.18 Å². The number of hydrogen-bond acceptors (Lipinski definition) is 6. The first-order valence-corrected chi connectivity index (χ1v) is 7.28. The maximum atomic E-state index is 13.3. The van der Waals surface area contributed by atoms with Crippen molar-refractivity contribution in [2.24, 2.45) is 0 Å². The van der Waals surface area contributed by atoms with Crippen molar-refractivity contribution in [2.75, 3.05) is 33.4 Å². The van der Waals surface area contributed by atoms with E-state index in [0.29, 0.717) is 11.1 Å². The first-order valence-electron chi connectivity index (χ1n) is 7.28. The molecule has 0 aliphatic carbocycles. The summed E-state index contributed by atoms with van der Waals surface area (Å²) in [6, 6.07) is 6.43. The molecule has 7 nitrogen and oxygen atoms in total. The third-order valence-electron chi connectivity index (χ3n) is 3.32. The molecule has 0 saturated carbocycles. The molecule has 24 heavy (non-hydrogen) atoms. The van der Waals surface area contributed by atoms with E-state index in [2.05, 4.69) is 9.97 Å². The van der Waals surface area contributed by atoms with Crippen LogP contribution in [0.25, 0.3) is 11.4 Å². The van der Waals surface area contributed by atoms with Crippen LogP contribution in [0.1, 0.15) is 10.4 Å². The standard InChI is InChI=1S/C16H18FN3O4/c1-24-15-13(17)10-18-14(19-15)11-2-4-12(5-3-11)16(23)20(6-8-21)7-9-22/h2-5,10,21-22H,6-9H2,1H3. The van der Waals surface area contributed by atoms with E-state index in [1.54, 1.807) is 24.3 Å². The quantitative estimate of drug-likeness (QED) is 0.774. The zero-order valence-electron chi connectivity index (χ0n) is 13.1. The average molecular weight is 335 g/mol. The van der Waals surface area contributed by atoms with Gasteiger partial charge in [0.2, 0.25) is 5.82 Å². The number of rotatable bonds is 7. The lowest BCUT2D eigenvalue weighted by molar-refractivity contribution is 0.0685. The Bertz CT molecular complexity index is 688. The minimum Gasteiger partial charge on any atom is -0.479 e. The third-order valence-corrected chi connectivity index (χ3v) is 3.32. The lowest BCUT2D eigenvalue weighted by Gasteiger charge is -2.20. The number of aliphatic hydroxyl groups excluding tert-OH is 2. The molecule has 1 aromatic carbocycles. The van der Waals surface area contributed by atoms with Crippen LogP contribution >= 0.6 is 0 Å². The topological polar surface area (TPSA) is 95.8 Å². The molecule has 0 aliphatic heterocycles. The highest BCUT2D eigenvalue weighted by atomic mass is 19.1. The number of benzene rings is 1. The molecule has 128 valence electrons. The van der Waals surface area contributed by atoms with Crippen molar-refractivity contribution in [3.8, 4) is 17.3 Å². The van der Waals surface area contributed by atoms with Crippen molar-refractivity contribution in [1.82, 2.24) is 14.9 Å². The molecular weight excluding hydrogens is 317 g/mol. The number of hydrogen-bond donors (Lipinski definition) is 2. The van der Waals surface area contributed by atoms with Crippen molar-refractivity contribution in [2.45, 2.75) is 0 Å². The Kier molecular flexibility index (Phi) is 6.16. The molecule has 2 aromatic rings. The van der Waals surface area contributed by atoms with Crippen LogP contribution in [0.15, 0.2) is 30.5 Å². The Hall–Kier alpha value is -2.58. The van der Waals surface area contributed by atoms with Crippen LogP contribution in [0.2, 0.25) is 0 Å².